The summed E-state index contributed by atoms with van der Waals surface area (Å²) in [5.74, 6) is -10.4. The van der Waals surface area contributed by atoms with Gasteiger partial charge in [0.1, 0.15) is 5.75 Å². The highest BCUT2D eigenvalue weighted by molar-refractivity contribution is 9.10. The molecule has 2 aliphatic carbocycles. The van der Waals surface area contributed by atoms with Gasteiger partial charge in [-0.1, -0.05) is 62.9 Å². The number of nitro groups is 2. The Labute approximate surface area is 366 Å². The third kappa shape index (κ3) is 6.45. The van der Waals surface area contributed by atoms with Crippen molar-refractivity contribution in [1.29, 1.82) is 0 Å². The minimum absolute atomic E-state index is 0.126. The van der Waals surface area contributed by atoms with Crippen molar-refractivity contribution in [3.63, 3.8) is 0 Å². The largest absolute Gasteiger partial charge is 0.508 e. The van der Waals surface area contributed by atoms with E-state index in [1.807, 2.05) is 0 Å². The third-order valence-electron chi connectivity index (χ3n) is 12.0. The highest BCUT2D eigenvalue weighted by atomic mass is 79.9. The average Bonchev–Trinajstić information content (AvgIpc) is 3.59. The lowest BCUT2D eigenvalue weighted by Crippen LogP contribution is -2.53. The minimum Gasteiger partial charge on any atom is -0.508 e. The van der Waals surface area contributed by atoms with Gasteiger partial charge in [0.2, 0.25) is 11.8 Å². The first kappa shape index (κ1) is 42.6. The lowest BCUT2D eigenvalue weighted by atomic mass is 9.49. The smallest absolute Gasteiger partial charge is 0.417 e. The van der Waals surface area contributed by atoms with Crippen LogP contribution >= 0.6 is 39.1 Å². The zero-order chi connectivity index (χ0) is 44.9. The molecule has 2 N–H and O–H groups in total. The molecule has 8 rings (SSSR count). The van der Waals surface area contributed by atoms with E-state index in [9.17, 15) is 52.9 Å². The number of carbonyl (C=O) groups excluding carboxylic acids is 4. The van der Waals surface area contributed by atoms with Gasteiger partial charge in [0.15, 0.2) is 11.5 Å². The molecule has 2 saturated heterocycles. The zero-order valence-corrected chi connectivity index (χ0v) is 35.0. The van der Waals surface area contributed by atoms with Crippen molar-refractivity contribution >= 4 is 91.3 Å². The first-order chi connectivity index (χ1) is 29.2. The van der Waals surface area contributed by atoms with Crippen LogP contribution in [0, 0.1) is 43.9 Å². The van der Waals surface area contributed by atoms with Crippen LogP contribution in [0.5, 0.6) is 5.75 Å². The molecule has 4 amide bonds. The van der Waals surface area contributed by atoms with E-state index in [1.165, 1.54) is 56.6 Å². The van der Waals surface area contributed by atoms with Crippen LogP contribution in [-0.4, -0.2) is 62.7 Å². The van der Waals surface area contributed by atoms with E-state index >= 15 is 4.79 Å². The Bertz CT molecular complexity index is 2670. The first-order valence-corrected chi connectivity index (χ1v) is 20.1. The van der Waals surface area contributed by atoms with Crippen LogP contribution in [0.15, 0.2) is 83.0 Å². The lowest BCUT2D eigenvalue weighted by molar-refractivity contribution is -0.392. The van der Waals surface area contributed by atoms with E-state index in [1.54, 1.807) is 6.08 Å². The van der Waals surface area contributed by atoms with Crippen molar-refractivity contribution < 1.29 is 47.3 Å². The summed E-state index contributed by atoms with van der Waals surface area (Å²) in [5.41, 5.74) is -2.17. The molecule has 3 aromatic carbocycles. The number of alkyl halides is 3. The van der Waals surface area contributed by atoms with Gasteiger partial charge < -0.3 is 10.0 Å². The number of nitro benzene ring substituents is 2. The Morgan fingerprint density at radius 2 is 1.58 bits per heavy atom. The number of imide groups is 2. The molecule has 3 fully saturated rings. The van der Waals surface area contributed by atoms with Crippen LogP contribution in [0.2, 0.25) is 10.0 Å². The number of carbonyl (C=O) groups is 4. The van der Waals surface area contributed by atoms with E-state index in [4.69, 9.17) is 23.2 Å². The van der Waals surface area contributed by atoms with Crippen molar-refractivity contribution in [2.45, 2.75) is 30.4 Å². The Morgan fingerprint density at radius 1 is 0.935 bits per heavy atom. The van der Waals surface area contributed by atoms with Crippen LogP contribution in [0.4, 0.5) is 41.7 Å². The Balaban J connectivity index is 1.31. The molecule has 4 aromatic rings. The number of allylic oxidation sites excluding steroid dienone is 2. The molecule has 62 heavy (non-hydrogen) atoms. The number of rotatable bonds is 8. The summed E-state index contributed by atoms with van der Waals surface area (Å²) in [5, 5.41) is 36.4. The fourth-order valence-electron chi connectivity index (χ4n) is 9.59. The van der Waals surface area contributed by atoms with E-state index in [0.29, 0.717) is 32.2 Å². The second kappa shape index (κ2) is 15.1. The minimum atomic E-state index is -4.82. The van der Waals surface area contributed by atoms with Crippen molar-refractivity contribution in [3.05, 3.63) is 130 Å². The number of amides is 4. The average molecular weight is 960 g/mol. The number of phenolic OH excluding ortho intramolecular Hbond substituents is 1. The maximum atomic E-state index is 15.4. The molecule has 4 aliphatic rings. The molecule has 3 heterocycles. The molecular weight excluding hydrogens is 930 g/mol. The Kier molecular flexibility index (Phi) is 10.3. The number of anilines is 3. The number of hydrazine groups is 1. The first-order valence-electron chi connectivity index (χ1n) is 18.5. The fourth-order valence-corrected chi connectivity index (χ4v) is 10.3. The summed E-state index contributed by atoms with van der Waals surface area (Å²) >= 11 is 16.0. The highest BCUT2D eigenvalue weighted by Crippen LogP contribution is 2.65. The third-order valence-corrected chi connectivity index (χ3v) is 13.0. The molecule has 22 heteroatoms. The number of hydrogen-bond acceptors (Lipinski definition) is 12. The van der Waals surface area contributed by atoms with Gasteiger partial charge in [-0.05, 0) is 60.7 Å². The number of halogens is 6. The number of hydrogen-bond donors (Lipinski definition) is 2. The van der Waals surface area contributed by atoms with Gasteiger partial charge in [0, 0.05) is 53.4 Å². The van der Waals surface area contributed by atoms with Crippen molar-refractivity contribution in [2.75, 3.05) is 29.3 Å². The number of benzene rings is 3. The van der Waals surface area contributed by atoms with Gasteiger partial charge in [-0.3, -0.25) is 44.8 Å². The maximum Gasteiger partial charge on any atom is 0.417 e. The van der Waals surface area contributed by atoms with Gasteiger partial charge in [0.25, 0.3) is 11.8 Å². The quantitative estimate of drug-likeness (QED) is 0.0746. The van der Waals surface area contributed by atoms with Crippen LogP contribution in [0.3, 0.4) is 0 Å². The number of aromatic hydroxyl groups is 1. The van der Waals surface area contributed by atoms with Crippen LogP contribution in [-0.2, 0) is 30.8 Å². The number of phenols is 1. The van der Waals surface area contributed by atoms with E-state index in [0.717, 1.165) is 17.0 Å². The maximum absolute atomic E-state index is 15.4. The van der Waals surface area contributed by atoms with Crippen molar-refractivity contribution in [3.8, 4) is 5.75 Å². The predicted octanol–water partition coefficient (Wildman–Crippen LogP) is 7.95. The Hall–Kier alpha value is -6.12. The van der Waals surface area contributed by atoms with Crippen LogP contribution in [0.1, 0.15) is 35.4 Å². The summed E-state index contributed by atoms with van der Waals surface area (Å²) in [6.07, 6.45) is -3.11. The zero-order valence-electron chi connectivity index (χ0n) is 31.9. The lowest BCUT2D eigenvalue weighted by Gasteiger charge is -2.50. The van der Waals surface area contributed by atoms with Crippen LogP contribution in [0.25, 0.3) is 0 Å². The highest BCUT2D eigenvalue weighted by Gasteiger charge is 2.71. The van der Waals surface area contributed by atoms with Crippen molar-refractivity contribution in [2.24, 2.45) is 23.7 Å². The van der Waals surface area contributed by atoms with Gasteiger partial charge in [-0.2, -0.15) is 18.2 Å². The molecule has 2 aliphatic heterocycles. The number of nitrogens with one attached hydrogen (secondary N) is 1. The molecule has 0 spiro atoms. The number of aromatic nitrogens is 1. The number of fused-ring (bicyclic) bond motifs is 4. The monoisotopic (exact) mass is 957 g/mol. The van der Waals surface area contributed by atoms with Gasteiger partial charge in [-0.25, -0.2) is 9.88 Å². The molecule has 16 nitrogen and oxygen atoms in total. The van der Waals surface area contributed by atoms with Gasteiger partial charge >= 0.3 is 17.6 Å². The molecule has 0 bridgehead atoms. The van der Waals surface area contributed by atoms with Gasteiger partial charge in [0.05, 0.1) is 49.3 Å². The molecule has 1 aromatic heterocycles. The van der Waals surface area contributed by atoms with E-state index in [2.05, 4.69) is 26.3 Å². The topological polar surface area (TPSA) is 209 Å². The summed E-state index contributed by atoms with van der Waals surface area (Å²) in [4.78, 5) is 87.8. The van der Waals surface area contributed by atoms with Crippen LogP contribution < -0.4 is 15.2 Å². The second-order valence-electron chi connectivity index (χ2n) is 15.4. The summed E-state index contributed by atoms with van der Waals surface area (Å²) in [6.45, 7) is 0. The molecule has 0 radical (unpaired) electrons. The second-order valence-corrected chi connectivity index (χ2v) is 17.1. The normalized spacial score (nSPS) is 24.4. The summed E-state index contributed by atoms with van der Waals surface area (Å²) in [6, 6.07) is 12.8. The fraction of sp³-hybridized carbons (Fsp3) is 0.275. The summed E-state index contributed by atoms with van der Waals surface area (Å²) < 4.78 is 41.1. The van der Waals surface area contributed by atoms with Crippen molar-refractivity contribution in [1.82, 2.24) is 9.99 Å². The van der Waals surface area contributed by atoms with E-state index < -0.39 is 108 Å². The molecule has 6 unspecified atom stereocenters. The number of nitrogens with zero attached hydrogens (tertiary/aromatic N) is 6. The molecule has 320 valence electrons. The molecular formula is C40H29BrCl2F3N7O9. The number of pyridine rings is 1. The SMILES string of the molecule is CN(C)c1c([N+](=O)[O-])cc(N2C(=O)C3CC=C4C(CC5C(=O)N(Nc6ncc(C(F)(F)F)cc6Cl)C(=O)C5(c5ccc(Cl)cc5)C4c4cc(Br)ccc4O)C3C2=O)cc1[N+](=O)[O-]. The summed E-state index contributed by atoms with van der Waals surface area (Å²) in [7, 11) is 2.71. The van der Waals surface area contributed by atoms with E-state index in [-0.39, 0.29) is 40.4 Å². The van der Waals surface area contributed by atoms with Gasteiger partial charge in [-0.15, -0.1) is 0 Å². The predicted molar refractivity (Wildman–Crippen MR) is 219 cm³/mol. The molecule has 6 atom stereocenters. The molecule has 1 saturated carbocycles. The Morgan fingerprint density at radius 3 is 2.16 bits per heavy atom. The standard InChI is InChI=1S/C40H29BrCl2F3N7O9/c1-49(2)33-28(52(59)60)13-21(14-29(33)53(61)62)50-35(55)23-9-8-22-24(31(23)37(50)57)15-26-36(56)51(48-34-27(43)11-18(16-47-34)40(44,45)46)38(58)39(26,17-3-6-20(42)7-4-17)32(22)25-12-19(41)5-10-30(25)54/h3-8,10-14,16,23-24,26,31-32,54H,9,15H2,1-2H3,(H,47,48).